The third-order valence-electron chi connectivity index (χ3n) is 4.58. The highest BCUT2D eigenvalue weighted by molar-refractivity contribution is 6.30. The van der Waals surface area contributed by atoms with Crippen LogP contribution in [-0.4, -0.2) is 28.6 Å². The van der Waals surface area contributed by atoms with E-state index < -0.39 is 0 Å². The van der Waals surface area contributed by atoms with Gasteiger partial charge in [-0.1, -0.05) is 35.9 Å². The first-order chi connectivity index (χ1) is 12.6. The number of halogens is 1. The zero-order valence-corrected chi connectivity index (χ0v) is 14.7. The molecule has 1 saturated heterocycles. The second-order valence-corrected chi connectivity index (χ2v) is 6.78. The van der Waals surface area contributed by atoms with Gasteiger partial charge in [-0.25, -0.2) is 0 Å². The Labute approximate surface area is 155 Å². The molecule has 132 valence electrons. The van der Waals surface area contributed by atoms with Gasteiger partial charge in [0.25, 0.3) is 0 Å². The molecule has 2 N–H and O–H groups in total. The topological polar surface area (TPSA) is 78.1 Å². The van der Waals surface area contributed by atoms with Gasteiger partial charge in [-0.15, -0.1) is 0 Å². The number of nitrogens with zero attached hydrogens (tertiary/aromatic N) is 2. The molecule has 0 bridgehead atoms. The highest BCUT2D eigenvalue weighted by Crippen LogP contribution is 2.29. The Bertz CT molecular complexity index is 967. The van der Waals surface area contributed by atoms with E-state index in [0.29, 0.717) is 23.9 Å². The van der Waals surface area contributed by atoms with Gasteiger partial charge in [0.15, 0.2) is 5.82 Å². The Morgan fingerprint density at radius 1 is 1.23 bits per heavy atom. The van der Waals surface area contributed by atoms with Crippen LogP contribution in [0.3, 0.4) is 0 Å². The minimum Gasteiger partial charge on any atom is -0.352 e. The number of hydrogen-bond acceptors (Lipinski definition) is 3. The van der Waals surface area contributed by atoms with Gasteiger partial charge in [0.2, 0.25) is 11.8 Å². The summed E-state index contributed by atoms with van der Waals surface area (Å²) in [6.45, 7) is 0.742. The predicted octanol–water partition coefficient (Wildman–Crippen LogP) is 2.89. The van der Waals surface area contributed by atoms with Crippen LogP contribution in [0.2, 0.25) is 5.02 Å². The van der Waals surface area contributed by atoms with Crippen LogP contribution in [0, 0.1) is 5.92 Å². The smallest absolute Gasteiger partial charge is 0.229 e. The standard InChI is InChI=1S/C19H17ClN4O2/c20-14-7-5-12(6-8-14)10-21-19(26)13-9-17(25)24(11-13)18-15-3-1-2-4-16(15)22-23-18/h1-8,13H,9-11H2,(H,21,26)(H,22,23)/t13-/m0/s1. The molecule has 1 aliphatic rings. The van der Waals surface area contributed by atoms with Crippen molar-refractivity contribution in [3.63, 3.8) is 0 Å². The summed E-state index contributed by atoms with van der Waals surface area (Å²) in [5, 5.41) is 11.6. The molecule has 4 rings (SSSR count). The Kier molecular flexibility index (Phi) is 4.34. The van der Waals surface area contributed by atoms with Crippen LogP contribution < -0.4 is 10.2 Å². The van der Waals surface area contributed by atoms with Crippen LogP contribution in [0.25, 0.3) is 10.9 Å². The molecule has 1 fully saturated rings. The van der Waals surface area contributed by atoms with Crippen LogP contribution in [-0.2, 0) is 16.1 Å². The summed E-state index contributed by atoms with van der Waals surface area (Å²) < 4.78 is 0. The maximum atomic E-state index is 12.5. The number of amides is 2. The van der Waals surface area contributed by atoms with Gasteiger partial charge in [-0.05, 0) is 29.8 Å². The number of H-pyrrole nitrogens is 1. The first kappa shape index (κ1) is 16.6. The molecule has 0 aliphatic carbocycles. The highest BCUT2D eigenvalue weighted by Gasteiger charge is 2.36. The minimum absolute atomic E-state index is 0.0890. The number of anilines is 1. The van der Waals surface area contributed by atoms with Crippen molar-refractivity contribution in [3.05, 3.63) is 59.1 Å². The summed E-state index contributed by atoms with van der Waals surface area (Å²) in [4.78, 5) is 26.5. The van der Waals surface area contributed by atoms with Crippen LogP contribution in [0.1, 0.15) is 12.0 Å². The summed E-state index contributed by atoms with van der Waals surface area (Å²) in [6, 6.07) is 14.9. The molecule has 0 unspecified atom stereocenters. The molecular formula is C19H17ClN4O2. The number of aromatic amines is 1. The highest BCUT2D eigenvalue weighted by atomic mass is 35.5. The van der Waals surface area contributed by atoms with Crippen molar-refractivity contribution in [3.8, 4) is 0 Å². The van der Waals surface area contributed by atoms with Gasteiger partial charge in [0.1, 0.15) is 0 Å². The van der Waals surface area contributed by atoms with Crippen LogP contribution in [0.4, 0.5) is 5.82 Å². The third kappa shape index (κ3) is 3.15. The lowest BCUT2D eigenvalue weighted by Gasteiger charge is -2.14. The van der Waals surface area contributed by atoms with E-state index in [1.807, 2.05) is 36.4 Å². The molecule has 1 atom stereocenters. The van der Waals surface area contributed by atoms with Crippen molar-refractivity contribution >= 4 is 40.1 Å². The van der Waals surface area contributed by atoms with Crippen molar-refractivity contribution in [1.82, 2.24) is 15.5 Å². The molecular weight excluding hydrogens is 352 g/mol. The van der Waals surface area contributed by atoms with Crippen molar-refractivity contribution in [2.24, 2.45) is 5.92 Å². The molecule has 2 amide bonds. The maximum Gasteiger partial charge on any atom is 0.229 e. The SMILES string of the molecule is O=C(NCc1ccc(Cl)cc1)[C@H]1CC(=O)N(c2n[nH]c3ccccc23)C1. The average Bonchev–Trinajstić information content (AvgIpc) is 3.24. The van der Waals surface area contributed by atoms with Gasteiger partial charge in [-0.2, -0.15) is 5.10 Å². The third-order valence-corrected chi connectivity index (χ3v) is 4.83. The fourth-order valence-corrected chi connectivity index (χ4v) is 3.30. The number of benzene rings is 2. The number of fused-ring (bicyclic) bond motifs is 1. The first-order valence-corrected chi connectivity index (χ1v) is 8.75. The maximum absolute atomic E-state index is 12.5. The molecule has 1 aromatic heterocycles. The summed E-state index contributed by atoms with van der Waals surface area (Å²) in [5.74, 6) is -0.0200. The second kappa shape index (κ2) is 6.80. The predicted molar refractivity (Wildman–Crippen MR) is 99.9 cm³/mol. The van der Waals surface area contributed by atoms with Crippen molar-refractivity contribution in [1.29, 1.82) is 0 Å². The van der Waals surface area contributed by atoms with Crippen molar-refractivity contribution in [2.45, 2.75) is 13.0 Å². The molecule has 0 radical (unpaired) electrons. The zero-order chi connectivity index (χ0) is 18.1. The zero-order valence-electron chi connectivity index (χ0n) is 13.9. The van der Waals surface area contributed by atoms with E-state index in [0.717, 1.165) is 16.5 Å². The molecule has 1 aliphatic heterocycles. The summed E-state index contributed by atoms with van der Waals surface area (Å²) in [6.07, 6.45) is 0.188. The van der Waals surface area contributed by atoms with Gasteiger partial charge >= 0.3 is 0 Å². The van der Waals surface area contributed by atoms with E-state index in [4.69, 9.17) is 11.6 Å². The molecule has 6 nitrogen and oxygen atoms in total. The number of nitrogens with one attached hydrogen (secondary N) is 2. The largest absolute Gasteiger partial charge is 0.352 e. The Morgan fingerprint density at radius 3 is 2.81 bits per heavy atom. The van der Waals surface area contributed by atoms with E-state index in [-0.39, 0.29) is 24.2 Å². The summed E-state index contributed by atoms with van der Waals surface area (Å²) >= 11 is 5.86. The second-order valence-electron chi connectivity index (χ2n) is 6.34. The van der Waals surface area contributed by atoms with Crippen LogP contribution in [0.15, 0.2) is 48.5 Å². The van der Waals surface area contributed by atoms with Crippen LogP contribution >= 0.6 is 11.6 Å². The van der Waals surface area contributed by atoms with E-state index in [9.17, 15) is 9.59 Å². The fraction of sp³-hybridized carbons (Fsp3) is 0.211. The van der Waals surface area contributed by atoms with E-state index in [1.165, 1.54) is 0 Å². The quantitative estimate of drug-likeness (QED) is 0.743. The number of rotatable bonds is 4. The van der Waals surface area contributed by atoms with Gasteiger partial charge in [-0.3, -0.25) is 19.6 Å². The van der Waals surface area contributed by atoms with Crippen molar-refractivity contribution in [2.75, 3.05) is 11.4 Å². The molecule has 26 heavy (non-hydrogen) atoms. The lowest BCUT2D eigenvalue weighted by Crippen LogP contribution is -2.32. The van der Waals surface area contributed by atoms with Gasteiger partial charge in [0, 0.05) is 29.9 Å². The molecule has 3 aromatic rings. The fourth-order valence-electron chi connectivity index (χ4n) is 3.18. The Balaban J connectivity index is 1.44. The lowest BCUT2D eigenvalue weighted by atomic mass is 10.1. The molecule has 2 heterocycles. The first-order valence-electron chi connectivity index (χ1n) is 8.37. The lowest BCUT2D eigenvalue weighted by molar-refractivity contribution is -0.126. The Morgan fingerprint density at radius 2 is 2.00 bits per heavy atom. The number of aromatic nitrogens is 2. The normalized spacial score (nSPS) is 17.0. The molecule has 0 spiro atoms. The van der Waals surface area contributed by atoms with Gasteiger partial charge in [0.05, 0.1) is 11.4 Å². The van der Waals surface area contributed by atoms with E-state index in [2.05, 4.69) is 15.5 Å². The summed E-state index contributed by atoms with van der Waals surface area (Å²) in [7, 11) is 0. The number of carbonyl (C=O) groups is 2. The van der Waals surface area contributed by atoms with Gasteiger partial charge < -0.3 is 5.32 Å². The monoisotopic (exact) mass is 368 g/mol. The van der Waals surface area contributed by atoms with E-state index >= 15 is 0 Å². The Hall–Kier alpha value is -2.86. The summed E-state index contributed by atoms with van der Waals surface area (Å²) in [5.41, 5.74) is 1.83. The molecule has 7 heteroatoms. The van der Waals surface area contributed by atoms with Crippen LogP contribution in [0.5, 0.6) is 0 Å². The average molecular weight is 369 g/mol. The molecule has 2 aromatic carbocycles. The van der Waals surface area contributed by atoms with Crippen molar-refractivity contribution < 1.29 is 9.59 Å². The molecule has 0 saturated carbocycles. The number of carbonyl (C=O) groups excluding carboxylic acids is 2. The van der Waals surface area contributed by atoms with E-state index in [1.54, 1.807) is 17.0 Å². The number of para-hydroxylation sites is 1. The minimum atomic E-state index is -0.384. The number of hydrogen-bond donors (Lipinski definition) is 2.